The molecule has 192 valence electrons. The maximum Gasteiger partial charge on any atom is 0.307 e. The monoisotopic (exact) mass is 488 g/mol. The molecule has 2 aliphatic heterocycles. The first-order valence-corrected chi connectivity index (χ1v) is 12.8. The molecule has 2 unspecified atom stereocenters. The number of likely N-dealkylation sites (N-methyl/N-ethyl adjacent to an activating group) is 1. The highest BCUT2D eigenvalue weighted by Crippen LogP contribution is 2.45. The van der Waals surface area contributed by atoms with E-state index in [4.69, 9.17) is 9.47 Å². The summed E-state index contributed by atoms with van der Waals surface area (Å²) in [6, 6.07) is 6.32. The van der Waals surface area contributed by atoms with Gasteiger partial charge >= 0.3 is 5.97 Å². The lowest BCUT2D eigenvalue weighted by Crippen LogP contribution is -2.52. The quantitative estimate of drug-likeness (QED) is 0.551. The average Bonchev–Trinajstić information content (AvgIpc) is 3.18. The zero-order valence-electron chi connectivity index (χ0n) is 20.8. The number of halogens is 1. The Morgan fingerprint density at radius 1 is 1.17 bits per heavy atom. The Morgan fingerprint density at radius 3 is 2.46 bits per heavy atom. The van der Waals surface area contributed by atoms with E-state index in [1.807, 2.05) is 4.90 Å². The molecule has 1 saturated carbocycles. The minimum Gasteiger partial charge on any atom is -0.458 e. The summed E-state index contributed by atoms with van der Waals surface area (Å²) in [7, 11) is 3.29. The number of ether oxygens (including phenoxy) is 2. The van der Waals surface area contributed by atoms with Crippen LogP contribution in [0.2, 0.25) is 0 Å². The van der Waals surface area contributed by atoms with Gasteiger partial charge in [0.15, 0.2) is 0 Å². The van der Waals surface area contributed by atoms with Gasteiger partial charge in [-0.05, 0) is 68.6 Å². The van der Waals surface area contributed by atoms with Crippen LogP contribution in [0.1, 0.15) is 56.9 Å². The second-order valence-corrected chi connectivity index (χ2v) is 10.4. The van der Waals surface area contributed by atoms with Gasteiger partial charge in [0.25, 0.3) is 0 Å². The fraction of sp³-hybridized carbons (Fsp3) is 0.667. The molecule has 1 aromatic rings. The third-order valence-corrected chi connectivity index (χ3v) is 8.23. The molecule has 7 nitrogen and oxygen atoms in total. The first-order chi connectivity index (χ1) is 16.8. The number of carbonyl (C=O) groups is 3. The van der Waals surface area contributed by atoms with Crippen molar-refractivity contribution in [3.8, 4) is 0 Å². The van der Waals surface area contributed by atoms with Crippen LogP contribution in [0.4, 0.5) is 4.39 Å². The van der Waals surface area contributed by atoms with Gasteiger partial charge < -0.3 is 19.3 Å². The average molecular weight is 489 g/mol. The number of piperidine rings is 1. The van der Waals surface area contributed by atoms with Gasteiger partial charge in [-0.1, -0.05) is 18.6 Å². The molecule has 0 bridgehead atoms. The molecule has 0 radical (unpaired) electrons. The fourth-order valence-corrected chi connectivity index (χ4v) is 6.22. The normalized spacial score (nSPS) is 23.2. The molecule has 4 rings (SSSR count). The van der Waals surface area contributed by atoms with Crippen LogP contribution in [-0.2, 0) is 30.3 Å². The molecule has 1 spiro atoms. The zero-order valence-corrected chi connectivity index (χ0v) is 20.8. The number of rotatable bonds is 7. The number of methoxy groups -OCH3 is 1. The van der Waals surface area contributed by atoms with Crippen molar-refractivity contribution in [1.82, 2.24) is 9.80 Å². The van der Waals surface area contributed by atoms with E-state index in [0.29, 0.717) is 19.5 Å². The number of likely N-dealkylation sites (tertiary alicyclic amines) is 1. The van der Waals surface area contributed by atoms with E-state index in [2.05, 4.69) is 0 Å². The van der Waals surface area contributed by atoms with Gasteiger partial charge in [-0.3, -0.25) is 14.4 Å². The largest absolute Gasteiger partial charge is 0.458 e. The molecule has 2 heterocycles. The van der Waals surface area contributed by atoms with Crippen LogP contribution in [0.5, 0.6) is 0 Å². The van der Waals surface area contributed by atoms with Crippen LogP contribution >= 0.6 is 0 Å². The molecule has 0 N–H and O–H groups in total. The van der Waals surface area contributed by atoms with Crippen molar-refractivity contribution in [1.29, 1.82) is 0 Å². The van der Waals surface area contributed by atoms with E-state index in [1.54, 1.807) is 24.1 Å². The number of hydrogen-bond acceptors (Lipinski definition) is 5. The molecule has 1 aromatic carbocycles. The van der Waals surface area contributed by atoms with Crippen LogP contribution in [0.25, 0.3) is 0 Å². The summed E-state index contributed by atoms with van der Waals surface area (Å²) in [4.78, 5) is 42.0. The standard InChI is InChI=1S/C27H37FN2O5/c1-29(24(31)18-34-2)23(16-19-6-8-21(28)9-7-19)20-10-14-30(15-11-20)26(33)22-17-25(32)35-27(22)12-4-3-5-13-27/h6-9,20,22-23H,3-5,10-18H2,1-2H3. The van der Waals surface area contributed by atoms with Crippen LogP contribution in [0, 0.1) is 17.7 Å². The molecule has 3 aliphatic rings. The van der Waals surface area contributed by atoms with Crippen LogP contribution in [-0.4, -0.2) is 73.1 Å². The Hall–Kier alpha value is -2.48. The SMILES string of the molecule is COCC(=O)N(C)C(Cc1ccc(F)cc1)C1CCN(C(=O)C2CC(=O)OC23CCCCC3)CC1. The lowest BCUT2D eigenvalue weighted by atomic mass is 9.75. The molecular weight excluding hydrogens is 451 g/mol. The number of nitrogens with zero attached hydrogens (tertiary/aromatic N) is 2. The third-order valence-electron chi connectivity index (χ3n) is 8.23. The summed E-state index contributed by atoms with van der Waals surface area (Å²) in [6.45, 7) is 1.19. The summed E-state index contributed by atoms with van der Waals surface area (Å²) in [5, 5.41) is 0. The number of amides is 2. The zero-order chi connectivity index (χ0) is 25.0. The second-order valence-electron chi connectivity index (χ2n) is 10.4. The first-order valence-electron chi connectivity index (χ1n) is 12.8. The van der Waals surface area contributed by atoms with E-state index >= 15 is 0 Å². The van der Waals surface area contributed by atoms with Crippen LogP contribution in [0.15, 0.2) is 24.3 Å². The van der Waals surface area contributed by atoms with Crippen molar-refractivity contribution < 1.29 is 28.2 Å². The summed E-state index contributed by atoms with van der Waals surface area (Å²) in [6.07, 6.45) is 6.97. The molecule has 2 atom stereocenters. The molecule has 2 amide bonds. The maximum atomic E-state index is 13.5. The minimum absolute atomic E-state index is 0.00550. The lowest BCUT2D eigenvalue weighted by molar-refractivity contribution is -0.156. The van der Waals surface area contributed by atoms with E-state index in [-0.39, 0.29) is 54.5 Å². The first kappa shape index (κ1) is 25.6. The van der Waals surface area contributed by atoms with E-state index in [0.717, 1.165) is 50.5 Å². The summed E-state index contributed by atoms with van der Waals surface area (Å²) in [5.41, 5.74) is 0.356. The van der Waals surface area contributed by atoms with Crippen molar-refractivity contribution in [3.63, 3.8) is 0 Å². The lowest BCUT2D eigenvalue weighted by Gasteiger charge is -2.42. The van der Waals surface area contributed by atoms with Gasteiger partial charge in [0, 0.05) is 33.3 Å². The van der Waals surface area contributed by atoms with Crippen molar-refractivity contribution in [2.45, 2.75) is 69.4 Å². The van der Waals surface area contributed by atoms with Crippen molar-refractivity contribution in [2.75, 3.05) is 33.9 Å². The van der Waals surface area contributed by atoms with Gasteiger partial charge in [-0.15, -0.1) is 0 Å². The number of benzene rings is 1. The summed E-state index contributed by atoms with van der Waals surface area (Å²) >= 11 is 0. The Kier molecular flexibility index (Phi) is 8.09. The fourth-order valence-electron chi connectivity index (χ4n) is 6.22. The van der Waals surface area contributed by atoms with Crippen molar-refractivity contribution >= 4 is 17.8 Å². The highest BCUT2D eigenvalue weighted by Gasteiger charge is 2.54. The van der Waals surface area contributed by atoms with Crippen molar-refractivity contribution in [3.05, 3.63) is 35.6 Å². The summed E-state index contributed by atoms with van der Waals surface area (Å²) in [5.74, 6) is -0.786. The molecule has 0 aromatic heterocycles. The predicted octanol–water partition coefficient (Wildman–Crippen LogP) is 3.35. The van der Waals surface area contributed by atoms with Crippen molar-refractivity contribution in [2.24, 2.45) is 11.8 Å². The van der Waals surface area contributed by atoms with Gasteiger partial charge in [-0.25, -0.2) is 4.39 Å². The smallest absolute Gasteiger partial charge is 0.307 e. The molecule has 2 saturated heterocycles. The Bertz CT molecular complexity index is 907. The Labute approximate surface area is 206 Å². The second kappa shape index (κ2) is 11.1. The van der Waals surface area contributed by atoms with Gasteiger partial charge in [0.1, 0.15) is 18.0 Å². The molecule has 3 fully saturated rings. The molecule has 8 heteroatoms. The van der Waals surface area contributed by atoms with E-state index < -0.39 is 5.60 Å². The molecule has 1 aliphatic carbocycles. The van der Waals surface area contributed by atoms with E-state index in [9.17, 15) is 18.8 Å². The summed E-state index contributed by atoms with van der Waals surface area (Å²) < 4.78 is 24.2. The third kappa shape index (κ3) is 5.68. The van der Waals surface area contributed by atoms with Gasteiger partial charge in [-0.2, -0.15) is 0 Å². The minimum atomic E-state index is -0.610. The maximum absolute atomic E-state index is 13.5. The topological polar surface area (TPSA) is 76.2 Å². The number of carbonyl (C=O) groups excluding carboxylic acids is 3. The van der Waals surface area contributed by atoms with Gasteiger partial charge in [0.05, 0.1) is 12.3 Å². The number of esters is 1. The van der Waals surface area contributed by atoms with Gasteiger partial charge in [0.2, 0.25) is 11.8 Å². The molecule has 35 heavy (non-hydrogen) atoms. The Morgan fingerprint density at radius 2 is 1.83 bits per heavy atom. The Balaban J connectivity index is 1.43. The van der Waals surface area contributed by atoms with Crippen LogP contribution in [0.3, 0.4) is 0 Å². The predicted molar refractivity (Wildman–Crippen MR) is 128 cm³/mol. The van der Waals surface area contributed by atoms with Crippen LogP contribution < -0.4 is 0 Å². The highest BCUT2D eigenvalue weighted by atomic mass is 19.1. The number of hydrogen-bond donors (Lipinski definition) is 0. The molecular formula is C27H37FN2O5. The van der Waals surface area contributed by atoms with E-state index in [1.165, 1.54) is 19.2 Å². The highest BCUT2D eigenvalue weighted by molar-refractivity contribution is 5.88.